The first-order valence-corrected chi connectivity index (χ1v) is 6.32. The predicted molar refractivity (Wildman–Crippen MR) is 71.3 cm³/mol. The highest BCUT2D eigenvalue weighted by atomic mass is 14.6. The molecule has 1 aromatic carbocycles. The molecule has 1 rings (SSSR count). The van der Waals surface area contributed by atoms with Gasteiger partial charge in [-0.1, -0.05) is 38.3 Å². The van der Waals surface area contributed by atoms with Crippen LogP contribution in [0.2, 0.25) is 0 Å². The normalized spacial score (nSPS) is 12.6. The maximum absolute atomic E-state index is 6.07. The molecule has 1 unspecified atom stereocenters. The molecular formula is C14H24N2. The van der Waals surface area contributed by atoms with Gasteiger partial charge in [-0.25, -0.2) is 0 Å². The first-order chi connectivity index (χ1) is 7.72. The maximum Gasteiger partial charge on any atom is 0.0314 e. The molecule has 0 radical (unpaired) electrons. The third-order valence-electron chi connectivity index (χ3n) is 2.96. The van der Waals surface area contributed by atoms with Crippen molar-refractivity contribution < 1.29 is 0 Å². The molecule has 0 aliphatic carbocycles. The minimum Gasteiger partial charge on any atom is -0.399 e. The van der Waals surface area contributed by atoms with Gasteiger partial charge in [0.1, 0.15) is 0 Å². The molecule has 2 nitrogen and oxygen atoms in total. The topological polar surface area (TPSA) is 52.0 Å². The van der Waals surface area contributed by atoms with E-state index in [-0.39, 0.29) is 0 Å². The van der Waals surface area contributed by atoms with Crippen LogP contribution in [0.15, 0.2) is 24.3 Å². The third kappa shape index (κ3) is 5.17. The quantitative estimate of drug-likeness (QED) is 0.548. The van der Waals surface area contributed by atoms with E-state index in [1.807, 2.05) is 12.1 Å². The minimum atomic E-state index is 0.351. The Morgan fingerprint density at radius 1 is 1.06 bits per heavy atom. The summed E-state index contributed by atoms with van der Waals surface area (Å²) in [6.07, 6.45) is 7.13. The number of aryl methyl sites for hydroxylation is 1. The van der Waals surface area contributed by atoms with Crippen LogP contribution in [0.1, 0.15) is 44.6 Å². The van der Waals surface area contributed by atoms with Crippen LogP contribution in [0.4, 0.5) is 5.69 Å². The second-order valence-corrected chi connectivity index (χ2v) is 4.54. The number of nitrogen functional groups attached to an aromatic ring is 1. The van der Waals surface area contributed by atoms with Gasteiger partial charge >= 0.3 is 0 Å². The zero-order chi connectivity index (χ0) is 11.8. The second kappa shape index (κ2) is 7.29. The van der Waals surface area contributed by atoms with E-state index in [1.54, 1.807) is 0 Å². The average Bonchev–Trinajstić information content (AvgIpc) is 2.29. The van der Waals surface area contributed by atoms with E-state index < -0.39 is 0 Å². The number of anilines is 1. The van der Waals surface area contributed by atoms with Crippen molar-refractivity contribution >= 4 is 5.69 Å². The van der Waals surface area contributed by atoms with E-state index >= 15 is 0 Å². The van der Waals surface area contributed by atoms with E-state index in [4.69, 9.17) is 11.5 Å². The van der Waals surface area contributed by atoms with Gasteiger partial charge in [0.2, 0.25) is 0 Å². The van der Waals surface area contributed by atoms with Crippen molar-refractivity contribution in [1.82, 2.24) is 0 Å². The lowest BCUT2D eigenvalue weighted by atomic mass is 10.0. The molecule has 16 heavy (non-hydrogen) atoms. The monoisotopic (exact) mass is 220 g/mol. The van der Waals surface area contributed by atoms with Crippen LogP contribution in [0.3, 0.4) is 0 Å². The van der Waals surface area contributed by atoms with Gasteiger partial charge in [-0.3, -0.25) is 0 Å². The van der Waals surface area contributed by atoms with E-state index in [1.165, 1.54) is 24.8 Å². The molecule has 0 amide bonds. The van der Waals surface area contributed by atoms with E-state index in [2.05, 4.69) is 19.1 Å². The van der Waals surface area contributed by atoms with Gasteiger partial charge in [0.15, 0.2) is 0 Å². The molecule has 90 valence electrons. The lowest BCUT2D eigenvalue weighted by molar-refractivity contribution is 0.529. The number of rotatable bonds is 7. The van der Waals surface area contributed by atoms with Crippen LogP contribution in [0, 0.1) is 0 Å². The molecule has 0 aliphatic rings. The molecule has 2 heteroatoms. The van der Waals surface area contributed by atoms with Gasteiger partial charge in [-0.05, 0) is 37.0 Å². The Hall–Kier alpha value is -1.02. The van der Waals surface area contributed by atoms with Gasteiger partial charge in [-0.15, -0.1) is 0 Å². The first-order valence-electron chi connectivity index (χ1n) is 6.32. The fourth-order valence-corrected chi connectivity index (χ4v) is 1.84. The molecule has 0 bridgehead atoms. The summed E-state index contributed by atoms with van der Waals surface area (Å²) in [4.78, 5) is 0. The van der Waals surface area contributed by atoms with Crippen LogP contribution in [0.25, 0.3) is 0 Å². The molecule has 1 atom stereocenters. The fourth-order valence-electron chi connectivity index (χ4n) is 1.84. The third-order valence-corrected chi connectivity index (χ3v) is 2.96. The van der Waals surface area contributed by atoms with Crippen molar-refractivity contribution in [2.75, 3.05) is 5.73 Å². The SMILES string of the molecule is CCCCCC(N)CCc1ccc(N)cc1. The van der Waals surface area contributed by atoms with Crippen LogP contribution < -0.4 is 11.5 Å². The van der Waals surface area contributed by atoms with Crippen LogP contribution in [-0.2, 0) is 6.42 Å². The summed E-state index contributed by atoms with van der Waals surface area (Å²) in [5.41, 5.74) is 13.9. The summed E-state index contributed by atoms with van der Waals surface area (Å²) >= 11 is 0. The second-order valence-electron chi connectivity index (χ2n) is 4.54. The number of hydrogen-bond donors (Lipinski definition) is 2. The molecule has 0 aliphatic heterocycles. The summed E-state index contributed by atoms with van der Waals surface area (Å²) in [5, 5.41) is 0. The van der Waals surface area contributed by atoms with Crippen molar-refractivity contribution in [3.63, 3.8) is 0 Å². The van der Waals surface area contributed by atoms with Gasteiger partial charge in [0, 0.05) is 11.7 Å². The van der Waals surface area contributed by atoms with E-state index in [0.29, 0.717) is 6.04 Å². The Balaban J connectivity index is 2.20. The predicted octanol–water partition coefficient (Wildman–Crippen LogP) is 3.11. The fraction of sp³-hybridized carbons (Fsp3) is 0.571. The Labute approximate surface area is 99.0 Å². The Bertz CT molecular complexity index is 279. The lowest BCUT2D eigenvalue weighted by Gasteiger charge is -2.11. The van der Waals surface area contributed by atoms with Crippen molar-refractivity contribution in [2.24, 2.45) is 5.73 Å². The molecule has 1 aromatic rings. The highest BCUT2D eigenvalue weighted by Gasteiger charge is 2.02. The Morgan fingerprint density at radius 2 is 1.75 bits per heavy atom. The van der Waals surface area contributed by atoms with Gasteiger partial charge in [0.05, 0.1) is 0 Å². The molecule has 0 saturated heterocycles. The van der Waals surface area contributed by atoms with Crippen LogP contribution in [-0.4, -0.2) is 6.04 Å². The highest BCUT2D eigenvalue weighted by molar-refractivity contribution is 5.39. The van der Waals surface area contributed by atoms with Crippen molar-refractivity contribution in [3.8, 4) is 0 Å². The van der Waals surface area contributed by atoms with Crippen LogP contribution in [0.5, 0.6) is 0 Å². The summed E-state index contributed by atoms with van der Waals surface area (Å²) in [6.45, 7) is 2.22. The maximum atomic E-state index is 6.07. The van der Waals surface area contributed by atoms with Crippen LogP contribution >= 0.6 is 0 Å². The number of unbranched alkanes of at least 4 members (excludes halogenated alkanes) is 2. The molecule has 4 N–H and O–H groups in total. The van der Waals surface area contributed by atoms with Crippen molar-refractivity contribution in [2.45, 2.75) is 51.5 Å². The summed E-state index contributed by atoms with van der Waals surface area (Å²) in [6, 6.07) is 8.45. The summed E-state index contributed by atoms with van der Waals surface area (Å²) < 4.78 is 0. The van der Waals surface area contributed by atoms with Gasteiger partial charge in [0.25, 0.3) is 0 Å². The number of nitrogens with two attached hydrogens (primary N) is 2. The van der Waals surface area contributed by atoms with Crippen molar-refractivity contribution in [3.05, 3.63) is 29.8 Å². The molecule has 0 heterocycles. The van der Waals surface area contributed by atoms with Gasteiger partial charge < -0.3 is 11.5 Å². The number of benzene rings is 1. The summed E-state index contributed by atoms with van der Waals surface area (Å²) in [7, 11) is 0. The lowest BCUT2D eigenvalue weighted by Crippen LogP contribution is -2.20. The largest absolute Gasteiger partial charge is 0.399 e. The molecule has 0 fully saturated rings. The smallest absolute Gasteiger partial charge is 0.0314 e. The highest BCUT2D eigenvalue weighted by Crippen LogP contribution is 2.11. The molecule has 0 spiro atoms. The average molecular weight is 220 g/mol. The Kier molecular flexibility index (Phi) is 5.94. The zero-order valence-corrected chi connectivity index (χ0v) is 10.3. The molecular weight excluding hydrogens is 196 g/mol. The standard InChI is InChI=1S/C14H24N2/c1-2-3-4-5-13(15)9-6-12-7-10-14(16)11-8-12/h7-8,10-11,13H,2-6,9,15-16H2,1H3. The number of hydrogen-bond acceptors (Lipinski definition) is 2. The van der Waals surface area contributed by atoms with Crippen molar-refractivity contribution in [1.29, 1.82) is 0 Å². The minimum absolute atomic E-state index is 0.351. The Morgan fingerprint density at radius 3 is 2.38 bits per heavy atom. The van der Waals surface area contributed by atoms with Gasteiger partial charge in [-0.2, -0.15) is 0 Å². The van der Waals surface area contributed by atoms with E-state index in [9.17, 15) is 0 Å². The summed E-state index contributed by atoms with van der Waals surface area (Å²) in [5.74, 6) is 0. The zero-order valence-electron chi connectivity index (χ0n) is 10.3. The molecule has 0 saturated carbocycles. The first kappa shape index (κ1) is 13.0. The molecule has 0 aromatic heterocycles. The van der Waals surface area contributed by atoms with E-state index in [0.717, 1.165) is 24.9 Å².